The number of carboxylic acids is 1. The summed E-state index contributed by atoms with van der Waals surface area (Å²) in [5.41, 5.74) is -0.0602. The Kier molecular flexibility index (Phi) is 3.25. The summed E-state index contributed by atoms with van der Waals surface area (Å²) in [6.45, 7) is 0.257. The maximum atomic E-state index is 11.3. The van der Waals surface area contributed by atoms with E-state index in [1.807, 2.05) is 12.1 Å². The molecule has 0 radical (unpaired) electrons. The summed E-state index contributed by atoms with van der Waals surface area (Å²) in [5, 5.41) is 21.3. The lowest BCUT2D eigenvalue weighted by atomic mass is 10.1. The molecule has 0 atom stereocenters. The average Bonchev–Trinajstić information content (AvgIpc) is 3.05. The first-order chi connectivity index (χ1) is 9.52. The zero-order valence-electron chi connectivity index (χ0n) is 10.3. The molecule has 1 heterocycles. The number of halogens is 2. The van der Waals surface area contributed by atoms with Crippen LogP contribution in [0.1, 0.15) is 12.8 Å². The van der Waals surface area contributed by atoms with Gasteiger partial charge in [0, 0.05) is 10.0 Å². The second-order valence-corrected chi connectivity index (χ2v) is 6.19. The smallest absolute Gasteiger partial charge is 0.311 e. The SMILES string of the molecule is O=C(O)C1(Cn2nnnc2-c2cc(Br)ccc2Cl)CC1. The Labute approximate surface area is 127 Å². The molecule has 0 bridgehead atoms. The molecular weight excluding hydrogens is 348 g/mol. The minimum Gasteiger partial charge on any atom is -0.481 e. The van der Waals surface area contributed by atoms with Crippen LogP contribution in [0.15, 0.2) is 22.7 Å². The van der Waals surface area contributed by atoms with E-state index in [0.29, 0.717) is 29.3 Å². The van der Waals surface area contributed by atoms with Crippen molar-refractivity contribution in [3.8, 4) is 11.4 Å². The molecule has 0 aliphatic heterocycles. The van der Waals surface area contributed by atoms with Crippen molar-refractivity contribution in [1.29, 1.82) is 0 Å². The fraction of sp³-hybridized carbons (Fsp3) is 0.333. The number of rotatable bonds is 4. The summed E-state index contributed by atoms with van der Waals surface area (Å²) in [4.78, 5) is 11.3. The third kappa shape index (κ3) is 2.31. The van der Waals surface area contributed by atoms with Gasteiger partial charge in [0.1, 0.15) is 0 Å². The van der Waals surface area contributed by atoms with Crippen molar-refractivity contribution in [3.63, 3.8) is 0 Å². The van der Waals surface area contributed by atoms with Crippen LogP contribution in [0.4, 0.5) is 0 Å². The highest BCUT2D eigenvalue weighted by molar-refractivity contribution is 9.10. The minimum atomic E-state index is -0.806. The summed E-state index contributed by atoms with van der Waals surface area (Å²) >= 11 is 9.54. The maximum Gasteiger partial charge on any atom is 0.311 e. The van der Waals surface area contributed by atoms with Crippen molar-refractivity contribution < 1.29 is 9.90 Å². The third-order valence-electron chi connectivity index (χ3n) is 3.46. The number of carbonyl (C=O) groups is 1. The molecule has 1 N–H and O–H groups in total. The predicted octanol–water partition coefficient (Wildman–Crippen LogP) is 2.62. The summed E-state index contributed by atoms with van der Waals surface area (Å²) in [7, 11) is 0. The molecule has 2 aromatic rings. The van der Waals surface area contributed by atoms with Gasteiger partial charge in [-0.3, -0.25) is 4.79 Å². The first-order valence-corrected chi connectivity index (χ1v) is 7.14. The molecule has 1 aromatic carbocycles. The normalized spacial score (nSPS) is 16.1. The van der Waals surface area contributed by atoms with Gasteiger partial charge in [0.15, 0.2) is 5.82 Å². The van der Waals surface area contributed by atoms with Gasteiger partial charge in [0.2, 0.25) is 0 Å². The van der Waals surface area contributed by atoms with Crippen molar-refractivity contribution >= 4 is 33.5 Å². The molecule has 1 fully saturated rings. The van der Waals surface area contributed by atoms with E-state index in [1.165, 1.54) is 4.68 Å². The highest BCUT2D eigenvalue weighted by Crippen LogP contribution is 2.47. The highest BCUT2D eigenvalue weighted by atomic mass is 79.9. The van der Waals surface area contributed by atoms with Crippen molar-refractivity contribution in [1.82, 2.24) is 20.2 Å². The molecule has 1 aliphatic carbocycles. The van der Waals surface area contributed by atoms with Crippen LogP contribution < -0.4 is 0 Å². The van der Waals surface area contributed by atoms with E-state index in [1.54, 1.807) is 6.07 Å². The lowest BCUT2D eigenvalue weighted by molar-refractivity contribution is -0.144. The molecular formula is C12H10BrClN4O2. The molecule has 0 unspecified atom stereocenters. The summed E-state index contributed by atoms with van der Waals surface area (Å²) in [5.74, 6) is -0.330. The van der Waals surface area contributed by atoms with Gasteiger partial charge >= 0.3 is 5.97 Å². The highest BCUT2D eigenvalue weighted by Gasteiger charge is 2.51. The van der Waals surface area contributed by atoms with E-state index in [-0.39, 0.29) is 6.54 Å². The minimum absolute atomic E-state index is 0.257. The van der Waals surface area contributed by atoms with Gasteiger partial charge in [-0.2, -0.15) is 0 Å². The quantitative estimate of drug-likeness (QED) is 0.909. The van der Waals surface area contributed by atoms with Crippen LogP contribution in [-0.2, 0) is 11.3 Å². The van der Waals surface area contributed by atoms with E-state index in [2.05, 4.69) is 31.5 Å². The second kappa shape index (κ2) is 4.82. The van der Waals surface area contributed by atoms with Crippen LogP contribution in [0.2, 0.25) is 5.02 Å². The Balaban J connectivity index is 1.98. The molecule has 0 saturated heterocycles. The van der Waals surface area contributed by atoms with Crippen LogP contribution in [-0.4, -0.2) is 31.3 Å². The zero-order chi connectivity index (χ0) is 14.3. The Morgan fingerprint density at radius 2 is 2.25 bits per heavy atom. The molecule has 3 rings (SSSR count). The van der Waals surface area contributed by atoms with Crippen molar-refractivity contribution in [2.24, 2.45) is 5.41 Å². The lowest BCUT2D eigenvalue weighted by Gasteiger charge is -2.11. The van der Waals surface area contributed by atoms with Crippen LogP contribution >= 0.6 is 27.5 Å². The molecule has 0 amide bonds. The third-order valence-corrected chi connectivity index (χ3v) is 4.28. The second-order valence-electron chi connectivity index (χ2n) is 4.87. The molecule has 1 aromatic heterocycles. The molecule has 0 spiro atoms. The standard InChI is InChI=1S/C12H10BrClN4O2/c13-7-1-2-9(14)8(5-7)10-15-16-17-18(10)6-12(3-4-12)11(19)20/h1-2,5H,3-4,6H2,(H,19,20). The van der Waals surface area contributed by atoms with Crippen LogP contribution in [0.5, 0.6) is 0 Å². The molecule has 20 heavy (non-hydrogen) atoms. The first-order valence-electron chi connectivity index (χ1n) is 5.97. The summed E-state index contributed by atoms with van der Waals surface area (Å²) in [6.07, 6.45) is 1.29. The first kappa shape index (κ1) is 13.5. The lowest BCUT2D eigenvalue weighted by Crippen LogP contribution is -2.22. The van der Waals surface area contributed by atoms with Gasteiger partial charge in [-0.15, -0.1) is 5.10 Å². The van der Waals surface area contributed by atoms with E-state index in [9.17, 15) is 9.90 Å². The number of carboxylic acid groups (broad SMARTS) is 1. The van der Waals surface area contributed by atoms with Crippen molar-refractivity contribution in [3.05, 3.63) is 27.7 Å². The molecule has 6 nitrogen and oxygen atoms in total. The van der Waals surface area contributed by atoms with Crippen molar-refractivity contribution in [2.75, 3.05) is 0 Å². The Bertz CT molecular complexity index is 684. The van der Waals surface area contributed by atoms with Crippen LogP contribution in [0.3, 0.4) is 0 Å². The maximum absolute atomic E-state index is 11.3. The van der Waals surface area contributed by atoms with Crippen molar-refractivity contribution in [2.45, 2.75) is 19.4 Å². The molecule has 8 heteroatoms. The average molecular weight is 358 g/mol. The Morgan fingerprint density at radius 1 is 1.50 bits per heavy atom. The number of tetrazole rings is 1. The Morgan fingerprint density at radius 3 is 2.90 bits per heavy atom. The van der Waals surface area contributed by atoms with E-state index in [4.69, 9.17) is 11.6 Å². The molecule has 1 aliphatic rings. The van der Waals surface area contributed by atoms with E-state index in [0.717, 1.165) is 4.47 Å². The number of benzene rings is 1. The van der Waals surface area contributed by atoms with Crippen LogP contribution in [0.25, 0.3) is 11.4 Å². The Hall–Kier alpha value is -1.47. The number of nitrogens with zero attached hydrogens (tertiary/aromatic N) is 4. The van der Waals surface area contributed by atoms with Crippen LogP contribution in [0, 0.1) is 5.41 Å². The number of aromatic nitrogens is 4. The number of aliphatic carboxylic acids is 1. The van der Waals surface area contributed by atoms with Gasteiger partial charge < -0.3 is 5.11 Å². The van der Waals surface area contributed by atoms with Gasteiger partial charge in [-0.1, -0.05) is 27.5 Å². The topological polar surface area (TPSA) is 80.9 Å². The van der Waals surface area contributed by atoms with Gasteiger partial charge in [0.25, 0.3) is 0 Å². The summed E-state index contributed by atoms with van der Waals surface area (Å²) < 4.78 is 2.36. The van der Waals surface area contributed by atoms with Gasteiger partial charge in [0.05, 0.1) is 17.0 Å². The largest absolute Gasteiger partial charge is 0.481 e. The monoisotopic (exact) mass is 356 g/mol. The fourth-order valence-corrected chi connectivity index (χ4v) is 2.61. The summed E-state index contributed by atoms with van der Waals surface area (Å²) in [6, 6.07) is 5.37. The zero-order valence-corrected chi connectivity index (χ0v) is 12.6. The predicted molar refractivity (Wildman–Crippen MR) is 75.3 cm³/mol. The van der Waals surface area contributed by atoms with E-state index < -0.39 is 11.4 Å². The number of hydrogen-bond donors (Lipinski definition) is 1. The molecule has 1 saturated carbocycles. The van der Waals surface area contributed by atoms with E-state index >= 15 is 0 Å². The molecule has 104 valence electrons. The fourth-order valence-electron chi connectivity index (χ4n) is 2.05. The van der Waals surface area contributed by atoms with Gasteiger partial charge in [-0.25, -0.2) is 4.68 Å². The number of hydrogen-bond acceptors (Lipinski definition) is 4. The van der Waals surface area contributed by atoms with Gasteiger partial charge in [-0.05, 0) is 41.5 Å².